The van der Waals surface area contributed by atoms with Crippen molar-refractivity contribution in [2.45, 2.75) is 39.5 Å². The molecular formula is C18H20O4. The summed E-state index contributed by atoms with van der Waals surface area (Å²) >= 11 is 0. The lowest BCUT2D eigenvalue weighted by atomic mass is 9.92. The SMILES string of the molecule is CC1=CC(=O)C(C(=O)CCc2ccc(C(C)C)cc2)C(=O)O1. The number of esters is 1. The van der Waals surface area contributed by atoms with Gasteiger partial charge in [0.05, 0.1) is 0 Å². The number of hydrogen-bond donors (Lipinski definition) is 0. The number of aryl methyl sites for hydroxylation is 1. The summed E-state index contributed by atoms with van der Waals surface area (Å²) in [7, 11) is 0. The Kier molecular flexibility index (Phi) is 4.91. The van der Waals surface area contributed by atoms with E-state index in [2.05, 4.69) is 13.8 Å². The van der Waals surface area contributed by atoms with E-state index in [1.54, 1.807) is 0 Å². The van der Waals surface area contributed by atoms with E-state index >= 15 is 0 Å². The number of rotatable bonds is 5. The van der Waals surface area contributed by atoms with Crippen molar-refractivity contribution < 1.29 is 19.1 Å². The molecule has 2 rings (SSSR count). The number of hydrogen-bond acceptors (Lipinski definition) is 4. The predicted molar refractivity (Wildman–Crippen MR) is 82.2 cm³/mol. The molecule has 1 aromatic rings. The van der Waals surface area contributed by atoms with E-state index in [0.717, 1.165) is 5.56 Å². The predicted octanol–water partition coefficient (Wildman–Crippen LogP) is 2.96. The number of carbonyl (C=O) groups is 3. The summed E-state index contributed by atoms with van der Waals surface area (Å²) in [6.07, 6.45) is 1.87. The van der Waals surface area contributed by atoms with E-state index in [9.17, 15) is 14.4 Å². The van der Waals surface area contributed by atoms with Crippen molar-refractivity contribution in [2.75, 3.05) is 0 Å². The van der Waals surface area contributed by atoms with Crippen LogP contribution in [-0.4, -0.2) is 17.5 Å². The minimum Gasteiger partial charge on any atom is -0.430 e. The third-order valence-electron chi connectivity index (χ3n) is 3.76. The standard InChI is InChI=1S/C18H20O4/c1-11(2)14-7-4-13(5-8-14)6-9-15(19)17-16(20)10-12(3)22-18(17)21/h4-5,7-8,10-11,17H,6,9H2,1-3H3. The molecule has 0 fully saturated rings. The van der Waals surface area contributed by atoms with Gasteiger partial charge in [-0.15, -0.1) is 0 Å². The summed E-state index contributed by atoms with van der Waals surface area (Å²) in [5.41, 5.74) is 2.25. The second-order valence-electron chi connectivity index (χ2n) is 5.87. The largest absolute Gasteiger partial charge is 0.430 e. The second kappa shape index (κ2) is 6.69. The van der Waals surface area contributed by atoms with Crippen LogP contribution in [0, 0.1) is 5.92 Å². The maximum atomic E-state index is 12.1. The lowest BCUT2D eigenvalue weighted by molar-refractivity contribution is -0.152. The van der Waals surface area contributed by atoms with Gasteiger partial charge in [-0.05, 0) is 30.4 Å². The van der Waals surface area contributed by atoms with Gasteiger partial charge in [-0.3, -0.25) is 14.4 Å². The van der Waals surface area contributed by atoms with Gasteiger partial charge in [0.25, 0.3) is 0 Å². The van der Waals surface area contributed by atoms with Gasteiger partial charge in [-0.25, -0.2) is 0 Å². The zero-order chi connectivity index (χ0) is 16.3. The van der Waals surface area contributed by atoms with Gasteiger partial charge >= 0.3 is 5.97 Å². The molecule has 1 heterocycles. The maximum Gasteiger partial charge on any atom is 0.329 e. The quantitative estimate of drug-likeness (QED) is 0.619. The molecule has 1 aliphatic rings. The first-order valence-corrected chi connectivity index (χ1v) is 7.44. The molecule has 1 aliphatic heterocycles. The van der Waals surface area contributed by atoms with Crippen LogP contribution in [0.25, 0.3) is 0 Å². The Balaban J connectivity index is 1.98. The van der Waals surface area contributed by atoms with Gasteiger partial charge < -0.3 is 4.74 Å². The van der Waals surface area contributed by atoms with E-state index in [1.807, 2.05) is 24.3 Å². The van der Waals surface area contributed by atoms with Crippen LogP contribution in [0.1, 0.15) is 44.2 Å². The molecule has 0 radical (unpaired) electrons. The molecule has 1 aromatic carbocycles. The fourth-order valence-electron chi connectivity index (χ4n) is 2.42. The van der Waals surface area contributed by atoms with E-state index in [-0.39, 0.29) is 18.0 Å². The first-order chi connectivity index (χ1) is 10.4. The first-order valence-electron chi connectivity index (χ1n) is 7.44. The van der Waals surface area contributed by atoms with Crippen molar-refractivity contribution >= 4 is 17.5 Å². The summed E-state index contributed by atoms with van der Waals surface area (Å²) in [5.74, 6) is -2.21. The molecule has 1 atom stereocenters. The average molecular weight is 300 g/mol. The number of ether oxygens (including phenoxy) is 1. The molecule has 0 saturated carbocycles. The summed E-state index contributed by atoms with van der Waals surface area (Å²) in [4.78, 5) is 35.6. The van der Waals surface area contributed by atoms with Crippen molar-refractivity contribution in [3.63, 3.8) is 0 Å². The van der Waals surface area contributed by atoms with Crippen LogP contribution in [0.2, 0.25) is 0 Å². The Morgan fingerprint density at radius 1 is 1.18 bits per heavy atom. The minimum atomic E-state index is -1.29. The van der Waals surface area contributed by atoms with Crippen LogP contribution in [0.5, 0.6) is 0 Å². The molecule has 0 N–H and O–H groups in total. The number of ketones is 2. The van der Waals surface area contributed by atoms with Crippen molar-refractivity contribution in [3.8, 4) is 0 Å². The minimum absolute atomic E-state index is 0.152. The highest BCUT2D eigenvalue weighted by atomic mass is 16.5. The van der Waals surface area contributed by atoms with E-state index in [1.165, 1.54) is 18.6 Å². The van der Waals surface area contributed by atoms with Crippen LogP contribution in [-0.2, 0) is 25.5 Å². The van der Waals surface area contributed by atoms with Gasteiger partial charge in [-0.2, -0.15) is 0 Å². The average Bonchev–Trinajstić information content (AvgIpc) is 2.44. The summed E-state index contributed by atoms with van der Waals surface area (Å²) in [6, 6.07) is 8.04. The Morgan fingerprint density at radius 2 is 1.82 bits per heavy atom. The van der Waals surface area contributed by atoms with Gasteiger partial charge in [0.2, 0.25) is 0 Å². The van der Waals surface area contributed by atoms with Crippen molar-refractivity contribution in [1.82, 2.24) is 0 Å². The van der Waals surface area contributed by atoms with Crippen LogP contribution < -0.4 is 0 Å². The van der Waals surface area contributed by atoms with Crippen molar-refractivity contribution in [1.29, 1.82) is 0 Å². The third-order valence-corrected chi connectivity index (χ3v) is 3.76. The zero-order valence-corrected chi connectivity index (χ0v) is 13.1. The lowest BCUT2D eigenvalue weighted by Crippen LogP contribution is -2.35. The fraction of sp³-hybridized carbons (Fsp3) is 0.389. The maximum absolute atomic E-state index is 12.1. The molecule has 4 nitrogen and oxygen atoms in total. The number of benzene rings is 1. The second-order valence-corrected chi connectivity index (χ2v) is 5.87. The molecule has 0 spiro atoms. The number of cyclic esters (lactones) is 1. The van der Waals surface area contributed by atoms with E-state index < -0.39 is 17.7 Å². The Morgan fingerprint density at radius 3 is 2.36 bits per heavy atom. The molecule has 116 valence electrons. The Bertz CT molecular complexity index is 623. The topological polar surface area (TPSA) is 60.4 Å². The highest BCUT2D eigenvalue weighted by molar-refractivity contribution is 6.22. The molecule has 1 unspecified atom stereocenters. The van der Waals surface area contributed by atoms with Crippen molar-refractivity contribution in [2.24, 2.45) is 5.92 Å². The van der Waals surface area contributed by atoms with Crippen LogP contribution in [0.3, 0.4) is 0 Å². The number of Topliss-reactive ketones (excluding diaryl/α,β-unsaturated/α-hetero) is 1. The van der Waals surface area contributed by atoms with Gasteiger partial charge in [0.15, 0.2) is 17.5 Å². The third kappa shape index (κ3) is 3.70. The Hall–Kier alpha value is -2.23. The monoisotopic (exact) mass is 300 g/mol. The normalized spacial score (nSPS) is 18.2. The lowest BCUT2D eigenvalue weighted by Gasteiger charge is -2.17. The first kappa shape index (κ1) is 16.1. The molecule has 0 amide bonds. The highest BCUT2D eigenvalue weighted by Crippen LogP contribution is 2.19. The fourth-order valence-corrected chi connectivity index (χ4v) is 2.42. The summed E-state index contributed by atoms with van der Waals surface area (Å²) in [5, 5.41) is 0. The number of carbonyl (C=O) groups excluding carboxylic acids is 3. The molecule has 0 saturated heterocycles. The smallest absolute Gasteiger partial charge is 0.329 e. The van der Waals surface area contributed by atoms with Crippen molar-refractivity contribution in [3.05, 3.63) is 47.2 Å². The van der Waals surface area contributed by atoms with Crippen LogP contribution in [0.4, 0.5) is 0 Å². The molecule has 0 aliphatic carbocycles. The van der Waals surface area contributed by atoms with Crippen LogP contribution in [0.15, 0.2) is 36.1 Å². The van der Waals surface area contributed by atoms with E-state index in [4.69, 9.17) is 4.74 Å². The van der Waals surface area contributed by atoms with Gasteiger partial charge in [-0.1, -0.05) is 38.1 Å². The Labute approximate surface area is 130 Å². The van der Waals surface area contributed by atoms with E-state index in [0.29, 0.717) is 12.3 Å². The van der Waals surface area contributed by atoms with Crippen LogP contribution >= 0.6 is 0 Å². The highest BCUT2D eigenvalue weighted by Gasteiger charge is 2.36. The summed E-state index contributed by atoms with van der Waals surface area (Å²) in [6.45, 7) is 5.76. The molecule has 0 bridgehead atoms. The molecular weight excluding hydrogens is 280 g/mol. The van der Waals surface area contributed by atoms with Gasteiger partial charge in [0.1, 0.15) is 5.76 Å². The number of allylic oxidation sites excluding steroid dienone is 2. The zero-order valence-electron chi connectivity index (χ0n) is 13.1. The molecule has 4 heteroatoms. The summed E-state index contributed by atoms with van der Waals surface area (Å²) < 4.78 is 4.86. The van der Waals surface area contributed by atoms with Gasteiger partial charge in [0, 0.05) is 12.5 Å². The molecule has 0 aromatic heterocycles. The molecule has 22 heavy (non-hydrogen) atoms.